The Morgan fingerprint density at radius 2 is 2.12 bits per heavy atom. The Balaban J connectivity index is 2.68. The molecule has 1 unspecified atom stereocenters. The first kappa shape index (κ1) is 12.7. The van der Waals surface area contributed by atoms with Crippen LogP contribution in [0.1, 0.15) is 31.1 Å². The lowest BCUT2D eigenvalue weighted by Gasteiger charge is -2.18. The molecule has 0 spiro atoms. The van der Waals surface area contributed by atoms with Gasteiger partial charge in [0.2, 0.25) is 5.91 Å². The third-order valence-electron chi connectivity index (χ3n) is 2.66. The molecule has 1 heterocycles. The molecule has 1 aromatic rings. The van der Waals surface area contributed by atoms with Gasteiger partial charge in [0.15, 0.2) is 0 Å². The lowest BCUT2D eigenvalue weighted by atomic mass is 10.1. The summed E-state index contributed by atoms with van der Waals surface area (Å²) in [5.74, 6) is -0.00612. The monoisotopic (exact) mass is 224 g/mol. The van der Waals surface area contributed by atoms with Gasteiger partial charge in [-0.15, -0.1) is 0 Å². The van der Waals surface area contributed by atoms with Gasteiger partial charge in [0.25, 0.3) is 0 Å². The molecule has 0 aromatic carbocycles. The molecular weight excluding hydrogens is 204 g/mol. The second-order valence-electron chi connectivity index (χ2n) is 4.07. The number of rotatable bonds is 4. The highest BCUT2D eigenvalue weighted by Gasteiger charge is 2.17. The van der Waals surface area contributed by atoms with Crippen molar-refractivity contribution in [3.63, 3.8) is 0 Å². The minimum absolute atomic E-state index is 0.00612. The minimum Gasteiger partial charge on any atom is -0.358 e. The van der Waals surface area contributed by atoms with Gasteiger partial charge in [0, 0.05) is 31.9 Å². The molecule has 1 amide bonds. The average molecular weight is 224 g/mol. The van der Waals surface area contributed by atoms with E-state index in [4.69, 9.17) is 0 Å². The van der Waals surface area contributed by atoms with Crippen LogP contribution in [-0.2, 0) is 11.8 Å². The highest BCUT2D eigenvalue weighted by molar-refractivity contribution is 5.80. The zero-order chi connectivity index (χ0) is 12.3. The lowest BCUT2D eigenvalue weighted by molar-refractivity contribution is -0.122. The molecule has 1 rings (SSSR count). The van der Waals surface area contributed by atoms with E-state index in [0.29, 0.717) is 0 Å². The quantitative estimate of drug-likeness (QED) is 0.783. The molecule has 0 radical (unpaired) electrons. The average Bonchev–Trinajstić information content (AvgIpc) is 2.56. The Bertz CT molecular complexity index is 372. The van der Waals surface area contributed by atoms with Crippen LogP contribution in [0.15, 0.2) is 6.20 Å². The molecule has 5 nitrogen and oxygen atoms in total. The van der Waals surface area contributed by atoms with Gasteiger partial charge in [0.1, 0.15) is 0 Å². The molecule has 90 valence electrons. The van der Waals surface area contributed by atoms with Gasteiger partial charge >= 0.3 is 0 Å². The molecule has 2 N–H and O–H groups in total. The van der Waals surface area contributed by atoms with Crippen LogP contribution in [0, 0.1) is 6.92 Å². The van der Waals surface area contributed by atoms with Crippen LogP contribution in [-0.4, -0.2) is 28.8 Å². The van der Waals surface area contributed by atoms with Gasteiger partial charge < -0.3 is 5.32 Å². The number of carbonyl (C=O) groups excluding carboxylic acids is 1. The molecule has 0 aliphatic carbocycles. The van der Waals surface area contributed by atoms with Crippen LogP contribution in [0.5, 0.6) is 0 Å². The van der Waals surface area contributed by atoms with Crippen LogP contribution in [0.4, 0.5) is 0 Å². The molecule has 0 fully saturated rings. The summed E-state index contributed by atoms with van der Waals surface area (Å²) in [6.45, 7) is 5.85. The van der Waals surface area contributed by atoms with Crippen molar-refractivity contribution >= 4 is 5.91 Å². The van der Waals surface area contributed by atoms with E-state index >= 15 is 0 Å². The molecule has 0 aliphatic heterocycles. The summed E-state index contributed by atoms with van der Waals surface area (Å²) < 4.78 is 1.79. The summed E-state index contributed by atoms with van der Waals surface area (Å²) in [4.78, 5) is 11.4. The van der Waals surface area contributed by atoms with E-state index in [1.54, 1.807) is 11.7 Å². The number of carbonyl (C=O) groups is 1. The molecule has 0 saturated carbocycles. The van der Waals surface area contributed by atoms with E-state index in [9.17, 15) is 4.79 Å². The van der Waals surface area contributed by atoms with Gasteiger partial charge in [-0.05, 0) is 20.8 Å². The summed E-state index contributed by atoms with van der Waals surface area (Å²) in [6.07, 6.45) is 1.98. The van der Waals surface area contributed by atoms with Gasteiger partial charge in [0.05, 0.1) is 11.7 Å². The lowest BCUT2D eigenvalue weighted by Crippen LogP contribution is -2.41. The smallest absolute Gasteiger partial charge is 0.236 e. The van der Waals surface area contributed by atoms with Gasteiger partial charge in [-0.2, -0.15) is 5.10 Å². The molecule has 2 atom stereocenters. The molecule has 0 aliphatic rings. The van der Waals surface area contributed by atoms with Crippen LogP contribution in [0.25, 0.3) is 0 Å². The van der Waals surface area contributed by atoms with Crippen LogP contribution in [0.3, 0.4) is 0 Å². The van der Waals surface area contributed by atoms with E-state index in [-0.39, 0.29) is 18.0 Å². The molecule has 5 heteroatoms. The normalized spacial score (nSPS) is 14.6. The number of nitrogens with one attached hydrogen (secondary N) is 2. The number of likely N-dealkylation sites (N-methyl/N-ethyl adjacent to an activating group) is 1. The largest absolute Gasteiger partial charge is 0.358 e. The maximum Gasteiger partial charge on any atom is 0.236 e. The third kappa shape index (κ3) is 2.82. The Morgan fingerprint density at radius 1 is 1.50 bits per heavy atom. The Morgan fingerprint density at radius 3 is 2.56 bits per heavy atom. The number of aromatic nitrogens is 2. The minimum atomic E-state index is -0.209. The Labute approximate surface area is 96.2 Å². The molecule has 0 bridgehead atoms. The standard InChI is InChI=1S/C11H20N4O/c1-7(13-9(3)11(16)12-4)10-6-15(5)14-8(10)2/h6-7,9,13H,1-5H3,(H,12,16)/t7?,9-/m1/s1. The van der Waals surface area contributed by atoms with Crippen molar-refractivity contribution in [3.05, 3.63) is 17.5 Å². The fraction of sp³-hybridized carbons (Fsp3) is 0.636. The SMILES string of the molecule is CNC(=O)[C@@H](C)NC(C)c1cn(C)nc1C. The first-order chi connectivity index (χ1) is 7.45. The predicted octanol–water partition coefficient (Wildman–Crippen LogP) is 0.514. The predicted molar refractivity (Wildman–Crippen MR) is 63.0 cm³/mol. The summed E-state index contributed by atoms with van der Waals surface area (Å²) in [5, 5.41) is 10.1. The number of hydrogen-bond acceptors (Lipinski definition) is 3. The number of aryl methyl sites for hydroxylation is 2. The zero-order valence-electron chi connectivity index (χ0n) is 10.5. The van der Waals surface area contributed by atoms with E-state index in [2.05, 4.69) is 15.7 Å². The summed E-state index contributed by atoms with van der Waals surface area (Å²) in [6, 6.07) is -0.0967. The number of amides is 1. The fourth-order valence-corrected chi connectivity index (χ4v) is 1.80. The van der Waals surface area contributed by atoms with Crippen molar-refractivity contribution in [1.82, 2.24) is 20.4 Å². The first-order valence-electron chi connectivity index (χ1n) is 5.43. The summed E-state index contributed by atoms with van der Waals surface area (Å²) >= 11 is 0. The van der Waals surface area contributed by atoms with Crippen molar-refractivity contribution in [1.29, 1.82) is 0 Å². The molecule has 1 aromatic heterocycles. The zero-order valence-corrected chi connectivity index (χ0v) is 10.5. The highest BCUT2D eigenvalue weighted by Crippen LogP contribution is 2.15. The number of nitrogens with zero attached hydrogens (tertiary/aromatic N) is 2. The van der Waals surface area contributed by atoms with Crippen molar-refractivity contribution in [2.24, 2.45) is 7.05 Å². The highest BCUT2D eigenvalue weighted by atomic mass is 16.2. The van der Waals surface area contributed by atoms with Crippen LogP contribution < -0.4 is 10.6 Å². The van der Waals surface area contributed by atoms with Gasteiger partial charge in [-0.3, -0.25) is 14.8 Å². The molecule has 0 saturated heterocycles. The van der Waals surface area contributed by atoms with E-state index < -0.39 is 0 Å². The van der Waals surface area contributed by atoms with Crippen LogP contribution >= 0.6 is 0 Å². The first-order valence-corrected chi connectivity index (χ1v) is 5.43. The fourth-order valence-electron chi connectivity index (χ4n) is 1.80. The third-order valence-corrected chi connectivity index (χ3v) is 2.66. The van der Waals surface area contributed by atoms with Crippen molar-refractivity contribution in [3.8, 4) is 0 Å². The summed E-state index contributed by atoms with van der Waals surface area (Å²) in [5.41, 5.74) is 2.12. The van der Waals surface area contributed by atoms with Gasteiger partial charge in [-0.1, -0.05) is 0 Å². The molecule has 16 heavy (non-hydrogen) atoms. The van der Waals surface area contributed by atoms with E-state index in [0.717, 1.165) is 11.3 Å². The van der Waals surface area contributed by atoms with E-state index in [1.165, 1.54) is 0 Å². The number of hydrogen-bond donors (Lipinski definition) is 2. The maximum absolute atomic E-state index is 11.4. The second-order valence-corrected chi connectivity index (χ2v) is 4.07. The van der Waals surface area contributed by atoms with Crippen molar-refractivity contribution in [2.45, 2.75) is 32.9 Å². The topological polar surface area (TPSA) is 59.0 Å². The van der Waals surface area contributed by atoms with Gasteiger partial charge in [-0.25, -0.2) is 0 Å². The van der Waals surface area contributed by atoms with Crippen LogP contribution in [0.2, 0.25) is 0 Å². The van der Waals surface area contributed by atoms with Crippen molar-refractivity contribution < 1.29 is 4.79 Å². The summed E-state index contributed by atoms with van der Waals surface area (Å²) in [7, 11) is 3.53. The second kappa shape index (κ2) is 5.12. The Kier molecular flexibility index (Phi) is 4.06. The van der Waals surface area contributed by atoms with Crippen molar-refractivity contribution in [2.75, 3.05) is 7.05 Å². The molecular formula is C11H20N4O. The maximum atomic E-state index is 11.4. The van der Waals surface area contributed by atoms with E-state index in [1.807, 2.05) is 34.0 Å². The Hall–Kier alpha value is -1.36.